The first-order chi connectivity index (χ1) is 15.2. The SMILES string of the molecule is CCCCCC(=O)OC[C@H]1O[C@@H](n2cc3c4c(ncnc42)NC(=O)C=C3N)C(C)(O)[C@@H]1O. The Morgan fingerprint density at radius 2 is 2.19 bits per heavy atom. The number of anilines is 1. The van der Waals surface area contributed by atoms with Crippen LogP contribution in [0, 0.1) is 0 Å². The number of carbonyl (C=O) groups is 2. The molecule has 172 valence electrons. The van der Waals surface area contributed by atoms with Gasteiger partial charge in [-0.05, 0) is 13.3 Å². The zero-order valence-electron chi connectivity index (χ0n) is 17.9. The summed E-state index contributed by atoms with van der Waals surface area (Å²) in [5, 5.41) is 24.9. The molecule has 4 atom stereocenters. The van der Waals surface area contributed by atoms with Crippen LogP contribution in [0.5, 0.6) is 0 Å². The zero-order chi connectivity index (χ0) is 23.0. The highest BCUT2D eigenvalue weighted by atomic mass is 16.6. The maximum Gasteiger partial charge on any atom is 0.305 e. The molecule has 11 nitrogen and oxygen atoms in total. The van der Waals surface area contributed by atoms with E-state index in [1.165, 1.54) is 19.3 Å². The van der Waals surface area contributed by atoms with Crippen LogP contribution in [0.3, 0.4) is 0 Å². The number of unbranched alkanes of at least 4 members (excludes halogenated alkanes) is 2. The second-order valence-electron chi connectivity index (χ2n) is 8.30. The van der Waals surface area contributed by atoms with Crippen molar-refractivity contribution < 1.29 is 29.3 Å². The van der Waals surface area contributed by atoms with Crippen molar-refractivity contribution in [3.63, 3.8) is 0 Å². The van der Waals surface area contributed by atoms with Crippen molar-refractivity contribution in [2.75, 3.05) is 11.9 Å². The lowest BCUT2D eigenvalue weighted by atomic mass is 9.96. The fourth-order valence-electron chi connectivity index (χ4n) is 4.09. The van der Waals surface area contributed by atoms with Gasteiger partial charge in [0.2, 0.25) is 0 Å². The van der Waals surface area contributed by atoms with Gasteiger partial charge in [-0.25, -0.2) is 9.97 Å². The smallest absolute Gasteiger partial charge is 0.305 e. The number of nitrogens with one attached hydrogen (secondary N) is 1. The van der Waals surface area contributed by atoms with E-state index in [0.29, 0.717) is 23.0 Å². The number of ether oxygens (including phenoxy) is 2. The Morgan fingerprint density at radius 1 is 1.41 bits per heavy atom. The van der Waals surface area contributed by atoms with Crippen LogP contribution in [0.1, 0.15) is 51.3 Å². The number of hydrogen-bond acceptors (Lipinski definition) is 9. The summed E-state index contributed by atoms with van der Waals surface area (Å²) < 4.78 is 12.7. The van der Waals surface area contributed by atoms with Crippen LogP contribution in [0.4, 0.5) is 5.82 Å². The molecular weight excluding hydrogens is 418 g/mol. The summed E-state index contributed by atoms with van der Waals surface area (Å²) in [4.78, 5) is 32.3. The number of carbonyl (C=O) groups excluding carboxylic acids is 2. The molecule has 0 aromatic carbocycles. The highest BCUT2D eigenvalue weighted by Crippen LogP contribution is 2.42. The summed E-state index contributed by atoms with van der Waals surface area (Å²) in [6, 6.07) is 0. The standard InChI is InChI=1S/C21H27N5O6/c1-3-4-5-6-15(28)31-9-13-17(29)21(2,30)20(32-13)26-8-11-12(22)7-14(27)25-18-16(11)19(26)24-10-23-18/h7-8,10,13,17,20,29-30H,3-6,9,22H2,1-2H3,(H,23,24,25,27)/t13-,17-,20-,21?/m1/s1. The van der Waals surface area contributed by atoms with E-state index in [1.54, 1.807) is 10.8 Å². The number of nitrogens with zero attached hydrogens (tertiary/aromatic N) is 3. The van der Waals surface area contributed by atoms with Gasteiger partial charge in [-0.2, -0.15) is 0 Å². The molecule has 1 fully saturated rings. The van der Waals surface area contributed by atoms with E-state index in [0.717, 1.165) is 19.3 Å². The molecule has 11 heteroatoms. The van der Waals surface area contributed by atoms with Gasteiger partial charge in [0.15, 0.2) is 6.23 Å². The quantitative estimate of drug-likeness (QED) is 0.357. The second-order valence-corrected chi connectivity index (χ2v) is 8.30. The van der Waals surface area contributed by atoms with Gasteiger partial charge in [-0.1, -0.05) is 19.8 Å². The number of rotatable bonds is 7. The van der Waals surface area contributed by atoms with Gasteiger partial charge in [0.1, 0.15) is 42.2 Å². The number of esters is 1. The topological polar surface area (TPSA) is 162 Å². The molecule has 1 amide bonds. The highest BCUT2D eigenvalue weighted by Gasteiger charge is 2.54. The molecule has 2 aromatic heterocycles. The number of aliphatic hydroxyl groups is 2. The first-order valence-electron chi connectivity index (χ1n) is 10.6. The van der Waals surface area contributed by atoms with Gasteiger partial charge >= 0.3 is 5.97 Å². The third-order valence-corrected chi connectivity index (χ3v) is 5.85. The van der Waals surface area contributed by atoms with Crippen LogP contribution in [-0.2, 0) is 19.1 Å². The molecule has 0 radical (unpaired) electrons. The predicted molar refractivity (Wildman–Crippen MR) is 114 cm³/mol. The number of hydrogen-bond donors (Lipinski definition) is 4. The largest absolute Gasteiger partial charge is 0.463 e. The molecule has 32 heavy (non-hydrogen) atoms. The maximum atomic E-state index is 12.0. The molecule has 2 aliphatic heterocycles. The minimum absolute atomic E-state index is 0.191. The Balaban J connectivity index is 1.61. The van der Waals surface area contributed by atoms with Crippen molar-refractivity contribution in [3.8, 4) is 0 Å². The van der Waals surface area contributed by atoms with E-state index in [2.05, 4.69) is 15.3 Å². The maximum absolute atomic E-state index is 12.0. The highest BCUT2D eigenvalue weighted by molar-refractivity contribution is 6.13. The van der Waals surface area contributed by atoms with Crippen molar-refractivity contribution in [1.29, 1.82) is 0 Å². The lowest BCUT2D eigenvalue weighted by molar-refractivity contribution is -0.150. The Kier molecular flexibility index (Phi) is 5.89. The molecule has 0 bridgehead atoms. The lowest BCUT2D eigenvalue weighted by Crippen LogP contribution is -2.44. The number of aromatic nitrogens is 3. The minimum Gasteiger partial charge on any atom is -0.463 e. The Bertz CT molecular complexity index is 1080. The average molecular weight is 445 g/mol. The molecule has 0 spiro atoms. The van der Waals surface area contributed by atoms with Crippen LogP contribution in [-0.4, -0.2) is 61.0 Å². The minimum atomic E-state index is -1.72. The van der Waals surface area contributed by atoms with E-state index in [-0.39, 0.29) is 24.1 Å². The summed E-state index contributed by atoms with van der Waals surface area (Å²) in [6.45, 7) is 3.29. The Hall–Kier alpha value is -3.02. The summed E-state index contributed by atoms with van der Waals surface area (Å²) >= 11 is 0. The number of amides is 1. The van der Waals surface area contributed by atoms with Gasteiger partial charge < -0.3 is 35.3 Å². The van der Waals surface area contributed by atoms with E-state index < -0.39 is 29.9 Å². The fourth-order valence-corrected chi connectivity index (χ4v) is 4.09. The monoisotopic (exact) mass is 445 g/mol. The second kappa shape index (κ2) is 8.49. The molecule has 2 aliphatic rings. The van der Waals surface area contributed by atoms with E-state index >= 15 is 0 Å². The van der Waals surface area contributed by atoms with Crippen LogP contribution in [0.15, 0.2) is 18.6 Å². The van der Waals surface area contributed by atoms with Crippen molar-refractivity contribution in [2.24, 2.45) is 5.73 Å². The molecule has 2 aromatic rings. The van der Waals surface area contributed by atoms with Crippen molar-refractivity contribution >= 4 is 34.4 Å². The average Bonchev–Trinajstić information content (AvgIpc) is 3.18. The van der Waals surface area contributed by atoms with Crippen LogP contribution >= 0.6 is 0 Å². The van der Waals surface area contributed by atoms with Crippen molar-refractivity contribution in [3.05, 3.63) is 24.2 Å². The number of aliphatic hydroxyl groups excluding tert-OH is 1. The number of nitrogens with two attached hydrogens (primary N) is 1. The van der Waals surface area contributed by atoms with Gasteiger partial charge in [0.25, 0.3) is 5.91 Å². The summed E-state index contributed by atoms with van der Waals surface area (Å²) in [5.41, 5.74) is 5.42. The third kappa shape index (κ3) is 3.83. The summed E-state index contributed by atoms with van der Waals surface area (Å²) in [5.74, 6) is -0.508. The van der Waals surface area contributed by atoms with Gasteiger partial charge in [-0.15, -0.1) is 0 Å². The molecule has 0 aliphatic carbocycles. The summed E-state index contributed by atoms with van der Waals surface area (Å²) in [6.07, 6.45) is 3.74. The molecule has 5 N–H and O–H groups in total. The fraction of sp³-hybridized carbons (Fsp3) is 0.524. The van der Waals surface area contributed by atoms with Gasteiger partial charge in [0.05, 0.1) is 5.39 Å². The lowest BCUT2D eigenvalue weighted by Gasteiger charge is -2.27. The molecule has 1 saturated heterocycles. The van der Waals surface area contributed by atoms with E-state index in [1.807, 2.05) is 6.92 Å². The van der Waals surface area contributed by atoms with Crippen molar-refractivity contribution in [2.45, 2.75) is 63.6 Å². The normalized spacial score (nSPS) is 27.2. The molecule has 4 heterocycles. The van der Waals surface area contributed by atoms with Crippen LogP contribution in [0.2, 0.25) is 0 Å². The Labute approximate surface area is 184 Å². The summed E-state index contributed by atoms with van der Waals surface area (Å²) in [7, 11) is 0. The molecule has 4 rings (SSSR count). The van der Waals surface area contributed by atoms with E-state index in [9.17, 15) is 19.8 Å². The molecule has 1 unspecified atom stereocenters. The van der Waals surface area contributed by atoms with Crippen LogP contribution in [0.25, 0.3) is 16.7 Å². The third-order valence-electron chi connectivity index (χ3n) is 5.85. The van der Waals surface area contributed by atoms with Gasteiger partial charge in [-0.3, -0.25) is 9.59 Å². The van der Waals surface area contributed by atoms with Crippen LogP contribution < -0.4 is 11.1 Å². The molecular formula is C21H27N5O6. The molecule has 0 saturated carbocycles. The zero-order valence-corrected chi connectivity index (χ0v) is 17.9. The predicted octanol–water partition coefficient (Wildman–Crippen LogP) is 0.816. The first-order valence-corrected chi connectivity index (χ1v) is 10.6. The van der Waals surface area contributed by atoms with Crippen molar-refractivity contribution in [1.82, 2.24) is 14.5 Å². The Morgan fingerprint density at radius 3 is 2.94 bits per heavy atom. The first kappa shape index (κ1) is 22.2. The van der Waals surface area contributed by atoms with E-state index in [4.69, 9.17) is 15.2 Å². The van der Waals surface area contributed by atoms with Gasteiger partial charge in [0, 0.05) is 30.0 Å².